The molecule has 0 heterocycles. The van der Waals surface area contributed by atoms with Gasteiger partial charge in [0.2, 0.25) is 0 Å². The predicted octanol–water partition coefficient (Wildman–Crippen LogP) is 6.69. The third-order valence-corrected chi connectivity index (χ3v) is 5.08. The summed E-state index contributed by atoms with van der Waals surface area (Å²) in [5, 5.41) is 4.01. The fraction of sp³-hybridized carbons (Fsp3) is 0.250. The van der Waals surface area contributed by atoms with Crippen LogP contribution in [0.15, 0.2) is 72.8 Å². The van der Waals surface area contributed by atoms with Gasteiger partial charge in [-0.2, -0.15) is 0 Å². The second kappa shape index (κ2) is 10.3. The van der Waals surface area contributed by atoms with Gasteiger partial charge in [0, 0.05) is 23.7 Å². The van der Waals surface area contributed by atoms with E-state index in [0.717, 1.165) is 24.2 Å². The Hall–Kier alpha value is -2.36. The Morgan fingerprint density at radius 3 is 2.46 bits per heavy atom. The summed E-state index contributed by atoms with van der Waals surface area (Å²) in [5.74, 6) is 0.382. The van der Waals surface area contributed by atoms with E-state index in [0.29, 0.717) is 17.1 Å². The van der Waals surface area contributed by atoms with Gasteiger partial charge in [-0.25, -0.2) is 4.39 Å². The highest BCUT2D eigenvalue weighted by Crippen LogP contribution is 2.25. The van der Waals surface area contributed by atoms with Gasteiger partial charge in [0.1, 0.15) is 18.2 Å². The molecule has 1 unspecified atom stereocenters. The summed E-state index contributed by atoms with van der Waals surface area (Å²) in [6.45, 7) is 2.95. The van der Waals surface area contributed by atoms with Crippen molar-refractivity contribution in [3.05, 3.63) is 100 Å². The molecule has 146 valence electrons. The highest BCUT2D eigenvalue weighted by molar-refractivity contribution is 6.31. The van der Waals surface area contributed by atoms with Crippen molar-refractivity contribution < 1.29 is 9.13 Å². The molecule has 0 amide bonds. The lowest BCUT2D eigenvalue weighted by Gasteiger charge is -2.20. The van der Waals surface area contributed by atoms with Gasteiger partial charge in [-0.15, -0.1) is 0 Å². The fourth-order valence-electron chi connectivity index (χ4n) is 3.20. The summed E-state index contributed by atoms with van der Waals surface area (Å²) in [6, 6.07) is 23.2. The molecule has 0 saturated heterocycles. The van der Waals surface area contributed by atoms with Crippen molar-refractivity contribution in [2.45, 2.75) is 39.0 Å². The summed E-state index contributed by atoms with van der Waals surface area (Å²) >= 11 is 6.11. The molecule has 3 aromatic carbocycles. The average molecular weight is 398 g/mol. The van der Waals surface area contributed by atoms with Crippen LogP contribution in [0.1, 0.15) is 42.5 Å². The Morgan fingerprint density at radius 1 is 0.964 bits per heavy atom. The molecule has 0 fully saturated rings. The molecule has 3 aromatic rings. The van der Waals surface area contributed by atoms with Gasteiger partial charge in [-0.1, -0.05) is 79.5 Å². The lowest BCUT2D eigenvalue weighted by atomic mass is 10.0. The van der Waals surface area contributed by atoms with Crippen molar-refractivity contribution in [3.8, 4) is 5.75 Å². The van der Waals surface area contributed by atoms with Crippen LogP contribution in [-0.2, 0) is 13.2 Å². The van der Waals surface area contributed by atoms with E-state index in [9.17, 15) is 4.39 Å². The largest absolute Gasteiger partial charge is 0.488 e. The lowest BCUT2D eigenvalue weighted by molar-refractivity contribution is 0.295. The molecule has 2 nitrogen and oxygen atoms in total. The van der Waals surface area contributed by atoms with Crippen LogP contribution in [-0.4, -0.2) is 0 Å². The van der Waals surface area contributed by atoms with E-state index >= 15 is 0 Å². The second-order valence-electron chi connectivity index (χ2n) is 6.73. The van der Waals surface area contributed by atoms with E-state index in [1.807, 2.05) is 30.3 Å². The lowest BCUT2D eigenvalue weighted by Crippen LogP contribution is -2.21. The number of hydrogen-bond donors (Lipinski definition) is 1. The molecule has 0 bridgehead atoms. The van der Waals surface area contributed by atoms with Gasteiger partial charge in [0.25, 0.3) is 0 Å². The zero-order chi connectivity index (χ0) is 19.8. The number of ether oxygens (including phenoxy) is 1. The van der Waals surface area contributed by atoms with Crippen LogP contribution in [0, 0.1) is 5.82 Å². The summed E-state index contributed by atoms with van der Waals surface area (Å²) in [7, 11) is 0. The molecule has 0 saturated carbocycles. The number of rotatable bonds is 9. The van der Waals surface area contributed by atoms with Crippen LogP contribution in [0.4, 0.5) is 4.39 Å². The third-order valence-electron chi connectivity index (χ3n) is 4.72. The van der Waals surface area contributed by atoms with Crippen LogP contribution in [0.3, 0.4) is 0 Å². The minimum absolute atomic E-state index is 0.0968. The van der Waals surface area contributed by atoms with E-state index in [2.05, 4.69) is 36.5 Å². The Bertz CT molecular complexity index is 865. The highest BCUT2D eigenvalue weighted by Gasteiger charge is 2.13. The minimum atomic E-state index is -0.352. The maximum absolute atomic E-state index is 14.0. The molecule has 28 heavy (non-hydrogen) atoms. The quantitative estimate of drug-likeness (QED) is 0.434. The number of para-hydroxylation sites is 1. The molecule has 0 spiro atoms. The minimum Gasteiger partial charge on any atom is -0.488 e. The molecule has 0 aliphatic heterocycles. The van der Waals surface area contributed by atoms with Crippen molar-refractivity contribution in [2.75, 3.05) is 0 Å². The number of benzene rings is 3. The first-order chi connectivity index (χ1) is 13.7. The molecule has 0 aromatic heterocycles. The Morgan fingerprint density at radius 2 is 1.71 bits per heavy atom. The fourth-order valence-corrected chi connectivity index (χ4v) is 3.42. The highest BCUT2D eigenvalue weighted by atomic mass is 35.5. The summed E-state index contributed by atoms with van der Waals surface area (Å²) in [5.41, 5.74) is 2.69. The summed E-state index contributed by atoms with van der Waals surface area (Å²) < 4.78 is 19.9. The zero-order valence-electron chi connectivity index (χ0n) is 16.0. The van der Waals surface area contributed by atoms with Crippen LogP contribution in [0.5, 0.6) is 5.75 Å². The van der Waals surface area contributed by atoms with E-state index in [-0.39, 0.29) is 18.5 Å². The van der Waals surface area contributed by atoms with Crippen LogP contribution >= 0.6 is 11.6 Å². The van der Waals surface area contributed by atoms with E-state index < -0.39 is 0 Å². The SMILES string of the molecule is CCCC(NCc1ccccc1OCc1c(F)cccc1Cl)c1ccccc1. The van der Waals surface area contributed by atoms with Gasteiger partial charge < -0.3 is 10.1 Å². The van der Waals surface area contributed by atoms with Gasteiger partial charge in [0.05, 0.1) is 5.02 Å². The molecule has 0 aliphatic carbocycles. The predicted molar refractivity (Wildman–Crippen MR) is 113 cm³/mol. The first-order valence-electron chi connectivity index (χ1n) is 9.61. The molecular weight excluding hydrogens is 373 g/mol. The second-order valence-corrected chi connectivity index (χ2v) is 7.14. The Kier molecular flexibility index (Phi) is 7.46. The number of nitrogens with one attached hydrogen (secondary N) is 1. The normalized spacial score (nSPS) is 12.0. The summed E-state index contributed by atoms with van der Waals surface area (Å²) in [4.78, 5) is 0. The van der Waals surface area contributed by atoms with Crippen molar-refractivity contribution in [1.82, 2.24) is 5.32 Å². The molecule has 1 atom stereocenters. The standard InChI is InChI=1S/C24H25ClFNO/c1-2-9-23(18-10-4-3-5-11-18)27-16-19-12-6-7-15-24(19)28-17-20-21(25)13-8-14-22(20)26/h3-8,10-15,23,27H,2,9,16-17H2,1H3. The Labute approximate surface area is 171 Å². The maximum Gasteiger partial charge on any atom is 0.131 e. The monoisotopic (exact) mass is 397 g/mol. The third kappa shape index (κ3) is 5.34. The summed E-state index contributed by atoms with van der Waals surface area (Å²) in [6.07, 6.45) is 2.15. The van der Waals surface area contributed by atoms with Crippen molar-refractivity contribution in [2.24, 2.45) is 0 Å². The number of halogens is 2. The molecular formula is C24H25ClFNO. The molecule has 0 aliphatic rings. The smallest absolute Gasteiger partial charge is 0.131 e. The van der Waals surface area contributed by atoms with Gasteiger partial charge in [-0.3, -0.25) is 0 Å². The van der Waals surface area contributed by atoms with Crippen LogP contribution < -0.4 is 10.1 Å². The molecule has 4 heteroatoms. The zero-order valence-corrected chi connectivity index (χ0v) is 16.8. The van der Waals surface area contributed by atoms with E-state index in [1.165, 1.54) is 11.6 Å². The van der Waals surface area contributed by atoms with Gasteiger partial charge in [-0.05, 0) is 30.2 Å². The molecule has 0 radical (unpaired) electrons. The van der Waals surface area contributed by atoms with Gasteiger partial charge in [0.15, 0.2) is 0 Å². The first-order valence-corrected chi connectivity index (χ1v) is 9.98. The topological polar surface area (TPSA) is 21.3 Å². The molecule has 3 rings (SSSR count). The van der Waals surface area contributed by atoms with Crippen molar-refractivity contribution >= 4 is 11.6 Å². The molecule has 1 N–H and O–H groups in total. The first kappa shape index (κ1) is 20.4. The van der Waals surface area contributed by atoms with Crippen LogP contribution in [0.2, 0.25) is 5.02 Å². The Balaban J connectivity index is 1.69. The van der Waals surface area contributed by atoms with Gasteiger partial charge >= 0.3 is 0 Å². The van der Waals surface area contributed by atoms with E-state index in [1.54, 1.807) is 12.1 Å². The maximum atomic E-state index is 14.0. The number of hydrogen-bond acceptors (Lipinski definition) is 2. The van der Waals surface area contributed by atoms with Crippen LogP contribution in [0.25, 0.3) is 0 Å². The van der Waals surface area contributed by atoms with Crippen molar-refractivity contribution in [3.63, 3.8) is 0 Å². The average Bonchev–Trinajstić information content (AvgIpc) is 2.72. The van der Waals surface area contributed by atoms with Crippen molar-refractivity contribution in [1.29, 1.82) is 0 Å². The van der Waals surface area contributed by atoms with E-state index in [4.69, 9.17) is 16.3 Å².